The molecule has 2 rings (SSSR count). The average Bonchev–Trinajstić information content (AvgIpc) is 2.70. The predicted octanol–water partition coefficient (Wildman–Crippen LogP) is 2.86. The minimum atomic E-state index is 0.231. The standard InChI is InChI=1S/C17H25N3O/c1-11-7-8-16(21-6)14(9-11)10-15(18-4)17-12(2)19-20(5)13(17)3/h7-9,15,18H,10H2,1-6H3. The van der Waals surface area contributed by atoms with Crippen molar-refractivity contribution < 1.29 is 4.74 Å². The summed E-state index contributed by atoms with van der Waals surface area (Å²) in [5, 5.41) is 7.95. The van der Waals surface area contributed by atoms with E-state index in [1.165, 1.54) is 22.4 Å². The lowest BCUT2D eigenvalue weighted by Crippen LogP contribution is -2.20. The zero-order chi connectivity index (χ0) is 15.6. The fraction of sp³-hybridized carbons (Fsp3) is 0.471. The maximum Gasteiger partial charge on any atom is 0.122 e. The van der Waals surface area contributed by atoms with Gasteiger partial charge < -0.3 is 10.1 Å². The molecule has 1 aromatic heterocycles. The lowest BCUT2D eigenvalue weighted by Gasteiger charge is -2.19. The van der Waals surface area contributed by atoms with Gasteiger partial charge in [-0.3, -0.25) is 4.68 Å². The average molecular weight is 287 g/mol. The van der Waals surface area contributed by atoms with Gasteiger partial charge in [-0.2, -0.15) is 5.10 Å². The SMILES string of the molecule is CNC(Cc1cc(C)ccc1OC)c1c(C)nn(C)c1C. The third-order valence-corrected chi connectivity index (χ3v) is 4.12. The normalized spacial score (nSPS) is 12.5. The van der Waals surface area contributed by atoms with Gasteiger partial charge in [0, 0.05) is 24.3 Å². The van der Waals surface area contributed by atoms with E-state index in [0.717, 1.165) is 17.9 Å². The number of nitrogens with zero attached hydrogens (tertiary/aromatic N) is 2. The summed E-state index contributed by atoms with van der Waals surface area (Å²) in [5.74, 6) is 0.944. The Balaban J connectivity index is 2.38. The Kier molecular flexibility index (Phi) is 4.68. The van der Waals surface area contributed by atoms with Gasteiger partial charge in [0.25, 0.3) is 0 Å². The molecule has 1 heterocycles. The molecule has 0 fully saturated rings. The van der Waals surface area contributed by atoms with Gasteiger partial charge >= 0.3 is 0 Å². The first-order valence-corrected chi connectivity index (χ1v) is 7.28. The summed E-state index contributed by atoms with van der Waals surface area (Å²) in [7, 11) is 5.72. The molecule has 4 heteroatoms. The summed E-state index contributed by atoms with van der Waals surface area (Å²) < 4.78 is 7.45. The number of benzene rings is 1. The van der Waals surface area contributed by atoms with Crippen LogP contribution in [-0.2, 0) is 13.5 Å². The number of likely N-dealkylation sites (N-methyl/N-ethyl adjacent to an activating group) is 1. The summed E-state index contributed by atoms with van der Waals surface area (Å²) in [6, 6.07) is 6.55. The quantitative estimate of drug-likeness (QED) is 0.919. The van der Waals surface area contributed by atoms with Crippen LogP contribution in [0.25, 0.3) is 0 Å². The molecule has 1 atom stereocenters. The van der Waals surface area contributed by atoms with Crippen molar-refractivity contribution in [3.8, 4) is 5.75 Å². The molecule has 21 heavy (non-hydrogen) atoms. The fourth-order valence-corrected chi connectivity index (χ4v) is 2.93. The summed E-state index contributed by atoms with van der Waals surface area (Å²) in [4.78, 5) is 0. The zero-order valence-corrected chi connectivity index (χ0v) is 13.8. The van der Waals surface area contributed by atoms with Crippen molar-refractivity contribution in [2.75, 3.05) is 14.2 Å². The van der Waals surface area contributed by atoms with E-state index in [1.807, 2.05) is 24.8 Å². The zero-order valence-electron chi connectivity index (χ0n) is 13.8. The van der Waals surface area contributed by atoms with Gasteiger partial charge in [-0.15, -0.1) is 0 Å². The molecule has 0 bridgehead atoms. The highest BCUT2D eigenvalue weighted by Crippen LogP contribution is 2.28. The molecule has 0 amide bonds. The summed E-state index contributed by atoms with van der Waals surface area (Å²) in [5.41, 5.74) is 6.04. The van der Waals surface area contributed by atoms with Crippen LogP contribution < -0.4 is 10.1 Å². The molecule has 0 saturated heterocycles. The maximum atomic E-state index is 5.50. The summed E-state index contributed by atoms with van der Waals surface area (Å²) in [6.45, 7) is 6.30. The number of aryl methyl sites for hydroxylation is 3. The third-order valence-electron chi connectivity index (χ3n) is 4.12. The monoisotopic (exact) mass is 287 g/mol. The molecule has 0 aliphatic carbocycles. The highest BCUT2D eigenvalue weighted by atomic mass is 16.5. The van der Waals surface area contributed by atoms with Gasteiger partial charge in [0.1, 0.15) is 5.75 Å². The van der Waals surface area contributed by atoms with Gasteiger partial charge in [-0.1, -0.05) is 17.7 Å². The van der Waals surface area contributed by atoms with Crippen LogP contribution in [0.5, 0.6) is 5.75 Å². The Morgan fingerprint density at radius 2 is 2.00 bits per heavy atom. The molecule has 1 N–H and O–H groups in total. The molecule has 1 unspecified atom stereocenters. The van der Waals surface area contributed by atoms with Crippen LogP contribution in [0.2, 0.25) is 0 Å². The maximum absolute atomic E-state index is 5.50. The highest BCUT2D eigenvalue weighted by molar-refractivity contribution is 5.39. The summed E-state index contributed by atoms with van der Waals surface area (Å²) >= 11 is 0. The van der Waals surface area contributed by atoms with E-state index in [2.05, 4.69) is 43.3 Å². The van der Waals surface area contributed by atoms with Crippen LogP contribution in [0.3, 0.4) is 0 Å². The highest BCUT2D eigenvalue weighted by Gasteiger charge is 2.20. The first-order valence-electron chi connectivity index (χ1n) is 7.28. The Bertz CT molecular complexity index is 631. The number of hydrogen-bond donors (Lipinski definition) is 1. The van der Waals surface area contributed by atoms with E-state index in [1.54, 1.807) is 7.11 Å². The second kappa shape index (κ2) is 6.31. The van der Waals surface area contributed by atoms with E-state index in [-0.39, 0.29) is 6.04 Å². The van der Waals surface area contributed by atoms with Gasteiger partial charge in [-0.25, -0.2) is 0 Å². The van der Waals surface area contributed by atoms with Gasteiger partial charge in [0.05, 0.1) is 12.8 Å². The van der Waals surface area contributed by atoms with Crippen LogP contribution in [0.15, 0.2) is 18.2 Å². The van der Waals surface area contributed by atoms with Crippen LogP contribution >= 0.6 is 0 Å². The topological polar surface area (TPSA) is 39.1 Å². The lowest BCUT2D eigenvalue weighted by molar-refractivity contribution is 0.406. The van der Waals surface area contributed by atoms with Gasteiger partial charge in [0.15, 0.2) is 0 Å². The van der Waals surface area contributed by atoms with Crippen molar-refractivity contribution in [2.45, 2.75) is 33.2 Å². The van der Waals surface area contributed by atoms with Gasteiger partial charge in [-0.05, 0) is 45.9 Å². The van der Waals surface area contributed by atoms with E-state index < -0.39 is 0 Å². The first-order chi connectivity index (χ1) is 9.97. The first kappa shape index (κ1) is 15.6. The van der Waals surface area contributed by atoms with Crippen LogP contribution in [0.1, 0.15) is 34.1 Å². The number of rotatable bonds is 5. The minimum Gasteiger partial charge on any atom is -0.496 e. The van der Waals surface area contributed by atoms with Crippen molar-refractivity contribution in [1.82, 2.24) is 15.1 Å². The molecule has 1 aromatic carbocycles. The largest absolute Gasteiger partial charge is 0.496 e. The van der Waals surface area contributed by atoms with Crippen molar-refractivity contribution in [3.05, 3.63) is 46.3 Å². The number of aromatic nitrogens is 2. The van der Waals surface area contributed by atoms with Crippen molar-refractivity contribution in [1.29, 1.82) is 0 Å². The second-order valence-corrected chi connectivity index (χ2v) is 5.57. The van der Waals surface area contributed by atoms with E-state index in [9.17, 15) is 0 Å². The molecule has 114 valence electrons. The third kappa shape index (κ3) is 3.10. The molecule has 4 nitrogen and oxygen atoms in total. The van der Waals surface area contributed by atoms with E-state index >= 15 is 0 Å². The Labute approximate surface area is 127 Å². The van der Waals surface area contributed by atoms with Crippen LogP contribution in [0, 0.1) is 20.8 Å². The molecule has 2 aromatic rings. The van der Waals surface area contributed by atoms with Crippen molar-refractivity contribution >= 4 is 0 Å². The predicted molar refractivity (Wildman–Crippen MR) is 85.9 cm³/mol. The molecule has 0 spiro atoms. The Morgan fingerprint density at radius 1 is 1.29 bits per heavy atom. The molecular weight excluding hydrogens is 262 g/mol. The number of ether oxygens (including phenoxy) is 1. The Morgan fingerprint density at radius 3 is 2.52 bits per heavy atom. The fourth-order valence-electron chi connectivity index (χ4n) is 2.93. The Hall–Kier alpha value is -1.81. The smallest absolute Gasteiger partial charge is 0.122 e. The van der Waals surface area contributed by atoms with Crippen LogP contribution in [0.4, 0.5) is 0 Å². The van der Waals surface area contributed by atoms with E-state index in [4.69, 9.17) is 4.74 Å². The van der Waals surface area contributed by atoms with Crippen molar-refractivity contribution in [3.63, 3.8) is 0 Å². The lowest BCUT2D eigenvalue weighted by atomic mass is 9.96. The molecule has 0 radical (unpaired) electrons. The van der Waals surface area contributed by atoms with E-state index in [0.29, 0.717) is 0 Å². The number of nitrogens with one attached hydrogen (secondary N) is 1. The molecule has 0 aliphatic heterocycles. The van der Waals surface area contributed by atoms with Crippen LogP contribution in [-0.4, -0.2) is 23.9 Å². The minimum absolute atomic E-state index is 0.231. The van der Waals surface area contributed by atoms with Gasteiger partial charge in [0.2, 0.25) is 0 Å². The number of hydrogen-bond acceptors (Lipinski definition) is 3. The van der Waals surface area contributed by atoms with Crippen molar-refractivity contribution in [2.24, 2.45) is 7.05 Å². The number of methoxy groups -OCH3 is 1. The molecule has 0 aliphatic rings. The molecule has 0 saturated carbocycles. The molecular formula is C17H25N3O. The second-order valence-electron chi connectivity index (χ2n) is 5.57. The summed E-state index contributed by atoms with van der Waals surface area (Å²) in [6.07, 6.45) is 0.884.